The van der Waals surface area contributed by atoms with Crippen LogP contribution in [0, 0.1) is 5.92 Å². The van der Waals surface area contributed by atoms with E-state index in [1.807, 2.05) is 12.1 Å². The van der Waals surface area contributed by atoms with Crippen LogP contribution in [0.3, 0.4) is 0 Å². The number of aromatic nitrogens is 1. The van der Waals surface area contributed by atoms with Gasteiger partial charge in [0.1, 0.15) is 0 Å². The summed E-state index contributed by atoms with van der Waals surface area (Å²) in [5, 5.41) is 10.3. The summed E-state index contributed by atoms with van der Waals surface area (Å²) in [7, 11) is 0. The van der Waals surface area contributed by atoms with Gasteiger partial charge in [-0.15, -0.1) is 11.8 Å². The van der Waals surface area contributed by atoms with Crippen LogP contribution in [0.4, 0.5) is 0 Å². The predicted octanol–water partition coefficient (Wildman–Crippen LogP) is 2.88. The second-order valence-corrected chi connectivity index (χ2v) is 4.85. The second-order valence-electron chi connectivity index (χ2n) is 3.81. The Hall–Kier alpha value is -0.540. The van der Waals surface area contributed by atoms with Gasteiger partial charge in [-0.25, -0.2) is 4.98 Å². The van der Waals surface area contributed by atoms with Crippen molar-refractivity contribution in [2.24, 2.45) is 5.92 Å². The predicted molar refractivity (Wildman–Crippen MR) is 60.4 cm³/mol. The fourth-order valence-electron chi connectivity index (χ4n) is 0.976. The van der Waals surface area contributed by atoms with Crippen molar-refractivity contribution in [1.82, 2.24) is 4.98 Å². The first-order valence-corrected chi connectivity index (χ1v) is 5.85. The van der Waals surface area contributed by atoms with Crippen molar-refractivity contribution in [3.63, 3.8) is 0 Å². The normalized spacial score (nSPS) is 13.2. The maximum Gasteiger partial charge on any atom is 0.0960 e. The lowest BCUT2D eigenvalue weighted by atomic mass is 10.2. The van der Waals surface area contributed by atoms with E-state index in [4.69, 9.17) is 0 Å². The van der Waals surface area contributed by atoms with Gasteiger partial charge in [0, 0.05) is 11.9 Å². The Morgan fingerprint density at radius 2 is 2.07 bits per heavy atom. The van der Waals surface area contributed by atoms with E-state index in [-0.39, 0.29) is 0 Å². The average Bonchev–Trinajstić information content (AvgIpc) is 2.15. The molecular formula is C11H17NOS. The molecule has 14 heavy (non-hydrogen) atoms. The maximum atomic E-state index is 9.29. The largest absolute Gasteiger partial charge is 0.389 e. The number of nitrogens with zero attached hydrogens (tertiary/aromatic N) is 1. The van der Waals surface area contributed by atoms with Crippen molar-refractivity contribution in [3.8, 4) is 0 Å². The minimum absolute atomic E-state index is 0.424. The molecule has 0 amide bonds. The third-order valence-electron chi connectivity index (χ3n) is 1.81. The van der Waals surface area contributed by atoms with Crippen LogP contribution in [0.1, 0.15) is 32.4 Å². The zero-order chi connectivity index (χ0) is 10.6. The molecule has 0 bridgehead atoms. The average molecular weight is 211 g/mol. The first kappa shape index (κ1) is 11.5. The van der Waals surface area contributed by atoms with E-state index in [9.17, 15) is 5.11 Å². The van der Waals surface area contributed by atoms with E-state index in [0.29, 0.717) is 5.92 Å². The van der Waals surface area contributed by atoms with Crippen molar-refractivity contribution in [1.29, 1.82) is 0 Å². The molecule has 1 N–H and O–H groups in total. The van der Waals surface area contributed by atoms with Crippen molar-refractivity contribution in [3.05, 3.63) is 23.9 Å². The summed E-state index contributed by atoms with van der Waals surface area (Å²) < 4.78 is 0. The highest BCUT2D eigenvalue weighted by Gasteiger charge is 2.02. The smallest absolute Gasteiger partial charge is 0.0960 e. The lowest BCUT2D eigenvalue weighted by molar-refractivity contribution is 0.198. The van der Waals surface area contributed by atoms with Crippen molar-refractivity contribution < 1.29 is 5.11 Å². The van der Waals surface area contributed by atoms with Crippen LogP contribution in [-0.4, -0.2) is 15.8 Å². The fourth-order valence-corrected chi connectivity index (χ4v) is 1.77. The number of rotatable bonds is 4. The minimum atomic E-state index is -0.424. The zero-order valence-electron chi connectivity index (χ0n) is 8.90. The first-order valence-electron chi connectivity index (χ1n) is 4.86. The SMILES string of the molecule is CC(C)CSc1ccc([C@H](C)O)cn1. The molecule has 1 aromatic rings. The Morgan fingerprint density at radius 3 is 2.50 bits per heavy atom. The van der Waals surface area contributed by atoms with Gasteiger partial charge in [0.25, 0.3) is 0 Å². The monoisotopic (exact) mass is 211 g/mol. The molecule has 0 saturated heterocycles. The number of pyridine rings is 1. The third-order valence-corrected chi connectivity index (χ3v) is 3.18. The Morgan fingerprint density at radius 1 is 1.36 bits per heavy atom. The van der Waals surface area contributed by atoms with E-state index >= 15 is 0 Å². The lowest BCUT2D eigenvalue weighted by Gasteiger charge is -2.06. The summed E-state index contributed by atoms with van der Waals surface area (Å²) in [6.45, 7) is 6.13. The van der Waals surface area contributed by atoms with Gasteiger partial charge in [0.2, 0.25) is 0 Å². The Balaban J connectivity index is 2.55. The number of aliphatic hydroxyl groups excluding tert-OH is 1. The molecule has 0 unspecified atom stereocenters. The van der Waals surface area contributed by atoms with Gasteiger partial charge in [0.05, 0.1) is 11.1 Å². The number of thioether (sulfide) groups is 1. The summed E-state index contributed by atoms with van der Waals surface area (Å²) in [5.41, 5.74) is 0.874. The van der Waals surface area contributed by atoms with Crippen LogP contribution in [0.15, 0.2) is 23.4 Å². The van der Waals surface area contributed by atoms with Gasteiger partial charge in [-0.05, 0) is 24.5 Å². The van der Waals surface area contributed by atoms with Crippen molar-refractivity contribution >= 4 is 11.8 Å². The van der Waals surface area contributed by atoms with Crippen LogP contribution in [0.5, 0.6) is 0 Å². The highest BCUT2D eigenvalue weighted by atomic mass is 32.2. The standard InChI is InChI=1S/C11H17NOS/c1-8(2)7-14-11-5-4-10(6-12-11)9(3)13/h4-6,8-9,13H,7H2,1-3H3/t9-/m0/s1. The number of aliphatic hydroxyl groups is 1. The van der Waals surface area contributed by atoms with Gasteiger partial charge in [0.15, 0.2) is 0 Å². The van der Waals surface area contributed by atoms with E-state index in [2.05, 4.69) is 18.8 Å². The van der Waals surface area contributed by atoms with Crippen LogP contribution < -0.4 is 0 Å². The fraction of sp³-hybridized carbons (Fsp3) is 0.545. The van der Waals surface area contributed by atoms with Gasteiger partial charge in [-0.1, -0.05) is 19.9 Å². The highest BCUT2D eigenvalue weighted by molar-refractivity contribution is 7.99. The van der Waals surface area contributed by atoms with Crippen molar-refractivity contribution in [2.75, 3.05) is 5.75 Å². The molecule has 78 valence electrons. The minimum Gasteiger partial charge on any atom is -0.389 e. The molecule has 2 nitrogen and oxygen atoms in total. The van der Waals surface area contributed by atoms with Gasteiger partial charge in [-0.2, -0.15) is 0 Å². The number of hydrogen-bond donors (Lipinski definition) is 1. The molecule has 0 spiro atoms. The Labute approximate surface area is 89.8 Å². The molecule has 1 rings (SSSR count). The molecular weight excluding hydrogens is 194 g/mol. The van der Waals surface area contributed by atoms with Gasteiger partial charge < -0.3 is 5.11 Å². The summed E-state index contributed by atoms with van der Waals surface area (Å²) in [5.74, 6) is 1.76. The molecule has 0 aromatic carbocycles. The summed E-state index contributed by atoms with van der Waals surface area (Å²) in [6.07, 6.45) is 1.32. The number of hydrogen-bond acceptors (Lipinski definition) is 3. The lowest BCUT2D eigenvalue weighted by Crippen LogP contribution is -1.94. The second kappa shape index (κ2) is 5.37. The molecule has 0 saturated carbocycles. The van der Waals surface area contributed by atoms with E-state index in [1.165, 1.54) is 0 Å². The van der Waals surface area contributed by atoms with Crippen molar-refractivity contribution in [2.45, 2.75) is 31.9 Å². The van der Waals surface area contributed by atoms with Crippen LogP contribution in [0.25, 0.3) is 0 Å². The summed E-state index contributed by atoms with van der Waals surface area (Å²) in [6, 6.07) is 3.90. The maximum absolute atomic E-state index is 9.29. The zero-order valence-corrected chi connectivity index (χ0v) is 9.71. The molecule has 1 aromatic heterocycles. The molecule has 3 heteroatoms. The quantitative estimate of drug-likeness (QED) is 0.777. The van der Waals surface area contributed by atoms with E-state index in [0.717, 1.165) is 16.3 Å². The highest BCUT2D eigenvalue weighted by Crippen LogP contribution is 2.19. The van der Waals surface area contributed by atoms with Gasteiger partial charge in [-0.3, -0.25) is 0 Å². The molecule has 1 heterocycles. The topological polar surface area (TPSA) is 33.1 Å². The molecule has 0 aliphatic rings. The third kappa shape index (κ3) is 3.68. The molecule has 0 radical (unpaired) electrons. The van der Waals surface area contributed by atoms with Gasteiger partial charge >= 0.3 is 0 Å². The van der Waals surface area contributed by atoms with E-state index in [1.54, 1.807) is 24.9 Å². The Kier molecular flexibility index (Phi) is 4.42. The van der Waals surface area contributed by atoms with Crippen LogP contribution in [0.2, 0.25) is 0 Å². The van der Waals surface area contributed by atoms with E-state index < -0.39 is 6.10 Å². The molecule has 1 atom stereocenters. The summed E-state index contributed by atoms with van der Waals surface area (Å²) >= 11 is 1.76. The molecule has 0 aliphatic carbocycles. The molecule has 0 aliphatic heterocycles. The van der Waals surface area contributed by atoms with Crippen LogP contribution >= 0.6 is 11.8 Å². The summed E-state index contributed by atoms with van der Waals surface area (Å²) in [4.78, 5) is 4.27. The van der Waals surface area contributed by atoms with Crippen LogP contribution in [-0.2, 0) is 0 Å². The molecule has 0 fully saturated rings. The first-order chi connectivity index (χ1) is 6.59. The Bertz CT molecular complexity index is 269.